The van der Waals surface area contributed by atoms with Crippen molar-refractivity contribution >= 4 is 58.6 Å². The minimum atomic E-state index is 0.187. The van der Waals surface area contributed by atoms with E-state index >= 15 is 0 Å². The van der Waals surface area contributed by atoms with Crippen molar-refractivity contribution in [3.8, 4) is 0 Å². The lowest BCUT2D eigenvalue weighted by Crippen LogP contribution is -2.04. The van der Waals surface area contributed by atoms with Gasteiger partial charge in [0.05, 0.1) is 0 Å². The predicted octanol–water partition coefficient (Wildman–Crippen LogP) is 3.55. The molecular formula is C14H14O2S4. The van der Waals surface area contributed by atoms with Gasteiger partial charge >= 0.3 is 0 Å². The summed E-state index contributed by atoms with van der Waals surface area (Å²) in [6, 6.07) is 0. The fraction of sp³-hybridized carbons (Fsp3) is 0.571. The lowest BCUT2D eigenvalue weighted by Gasteiger charge is -2.11. The lowest BCUT2D eigenvalue weighted by molar-refractivity contribution is -0.115. The Morgan fingerprint density at radius 3 is 1.35 bits per heavy atom. The van der Waals surface area contributed by atoms with E-state index < -0.39 is 0 Å². The van der Waals surface area contributed by atoms with Gasteiger partial charge in [-0.25, -0.2) is 0 Å². The van der Waals surface area contributed by atoms with E-state index in [2.05, 4.69) is 0 Å². The zero-order valence-electron chi connectivity index (χ0n) is 10.8. The van der Waals surface area contributed by atoms with E-state index in [9.17, 15) is 9.59 Å². The van der Waals surface area contributed by atoms with E-state index in [0.29, 0.717) is 24.4 Å². The first-order valence-electron chi connectivity index (χ1n) is 6.81. The number of carbonyl (C=O) groups is 2. The molecule has 2 atom stereocenters. The molecule has 0 bridgehead atoms. The van der Waals surface area contributed by atoms with E-state index in [1.54, 1.807) is 0 Å². The average molecular weight is 343 g/mol. The summed E-state index contributed by atoms with van der Waals surface area (Å²) in [5.41, 5.74) is 2.00. The molecule has 2 saturated heterocycles. The van der Waals surface area contributed by atoms with Crippen molar-refractivity contribution in [3.05, 3.63) is 19.6 Å². The molecular weight excluding hydrogens is 328 g/mol. The number of hydrogen-bond acceptors (Lipinski definition) is 6. The molecule has 0 N–H and O–H groups in total. The van der Waals surface area contributed by atoms with Crippen LogP contribution >= 0.6 is 47.0 Å². The van der Waals surface area contributed by atoms with Crippen molar-refractivity contribution in [3.63, 3.8) is 0 Å². The molecule has 106 valence electrons. The van der Waals surface area contributed by atoms with E-state index in [1.165, 1.54) is 8.47 Å². The van der Waals surface area contributed by atoms with Crippen LogP contribution in [0.1, 0.15) is 12.8 Å². The number of thioether (sulfide) groups is 4. The van der Waals surface area contributed by atoms with Crippen LogP contribution in [0.3, 0.4) is 0 Å². The molecule has 2 aliphatic carbocycles. The zero-order valence-corrected chi connectivity index (χ0v) is 14.1. The number of carbonyl (C=O) groups excluding carboxylic acids is 2. The summed E-state index contributed by atoms with van der Waals surface area (Å²) in [4.78, 5) is 24.8. The number of hydrogen-bond donors (Lipinski definition) is 0. The summed E-state index contributed by atoms with van der Waals surface area (Å²) in [5, 5.41) is 0. The highest BCUT2D eigenvalue weighted by Gasteiger charge is 2.50. The van der Waals surface area contributed by atoms with Gasteiger partial charge in [0.1, 0.15) is 0 Å². The molecule has 6 heteroatoms. The first-order chi connectivity index (χ1) is 9.75. The molecule has 2 heterocycles. The van der Waals surface area contributed by atoms with Gasteiger partial charge in [0, 0.05) is 67.3 Å². The van der Waals surface area contributed by atoms with Gasteiger partial charge in [-0.05, 0) is 0 Å². The van der Waals surface area contributed by atoms with Crippen LogP contribution in [0.2, 0.25) is 0 Å². The highest BCUT2D eigenvalue weighted by Crippen LogP contribution is 2.55. The number of allylic oxidation sites excluding steroid dienone is 2. The van der Waals surface area contributed by atoms with Gasteiger partial charge in [0.25, 0.3) is 0 Å². The number of Topliss-reactive ketones (excluding diaryl/α,β-unsaturated/α-hetero) is 2. The molecule has 2 aliphatic heterocycles. The Labute approximate surface area is 135 Å². The van der Waals surface area contributed by atoms with Gasteiger partial charge in [-0.3, -0.25) is 9.59 Å². The number of fused-ring (bicyclic) bond motifs is 1. The van der Waals surface area contributed by atoms with Gasteiger partial charge in [-0.15, -0.1) is 47.0 Å². The summed E-state index contributed by atoms with van der Waals surface area (Å²) in [5.74, 6) is 5.37. The van der Waals surface area contributed by atoms with Crippen molar-refractivity contribution in [2.24, 2.45) is 11.8 Å². The molecule has 0 amide bonds. The second-order valence-corrected chi connectivity index (χ2v) is 10.2. The molecule has 0 aromatic rings. The average Bonchev–Trinajstić information content (AvgIpc) is 3.13. The molecule has 0 unspecified atom stereocenters. The molecule has 2 nitrogen and oxygen atoms in total. The second kappa shape index (κ2) is 5.45. The first-order valence-corrected chi connectivity index (χ1v) is 10.8. The normalized spacial score (nSPS) is 33.8. The number of rotatable bonds is 0. The van der Waals surface area contributed by atoms with Crippen LogP contribution in [-0.4, -0.2) is 34.6 Å². The van der Waals surface area contributed by atoms with E-state index in [-0.39, 0.29) is 11.8 Å². The third-order valence-electron chi connectivity index (χ3n) is 4.18. The van der Waals surface area contributed by atoms with Crippen molar-refractivity contribution < 1.29 is 9.59 Å². The topological polar surface area (TPSA) is 34.1 Å². The first kappa shape index (κ1) is 13.9. The van der Waals surface area contributed by atoms with Crippen LogP contribution in [0.25, 0.3) is 0 Å². The SMILES string of the molecule is O=C1C[C@H]2C(=C3SCCS3)C(=O)C[C@H]2C1=C1SCCS1. The third kappa shape index (κ3) is 2.14. The summed E-state index contributed by atoms with van der Waals surface area (Å²) < 4.78 is 2.43. The monoisotopic (exact) mass is 342 g/mol. The largest absolute Gasteiger partial charge is 0.294 e. The maximum absolute atomic E-state index is 12.4. The van der Waals surface area contributed by atoms with Gasteiger partial charge in [0.15, 0.2) is 11.6 Å². The van der Waals surface area contributed by atoms with Crippen molar-refractivity contribution in [1.82, 2.24) is 0 Å². The zero-order chi connectivity index (χ0) is 13.7. The summed E-state index contributed by atoms with van der Waals surface area (Å²) in [6.07, 6.45) is 1.13. The Morgan fingerprint density at radius 2 is 1.00 bits per heavy atom. The number of ketones is 2. The Bertz CT molecular complexity index is 498. The highest BCUT2D eigenvalue weighted by molar-refractivity contribution is 8.25. The van der Waals surface area contributed by atoms with Gasteiger partial charge < -0.3 is 0 Å². The van der Waals surface area contributed by atoms with Gasteiger partial charge in [0.2, 0.25) is 0 Å². The minimum Gasteiger partial charge on any atom is -0.294 e. The Morgan fingerprint density at radius 1 is 0.650 bits per heavy atom. The molecule has 20 heavy (non-hydrogen) atoms. The van der Waals surface area contributed by atoms with Gasteiger partial charge in [-0.1, -0.05) is 0 Å². The molecule has 4 rings (SSSR count). The predicted molar refractivity (Wildman–Crippen MR) is 90.1 cm³/mol. The standard InChI is InChI=1S/C14H14O2S4/c15-9-6-8-7(11(9)13-17-1-2-18-13)5-10(16)12(8)14-19-3-4-20-14/h7-8H,1-6H2/t7-,8-/m1/s1. The van der Waals surface area contributed by atoms with Crippen molar-refractivity contribution in [1.29, 1.82) is 0 Å². The Hall–Kier alpha value is 0.220. The van der Waals surface area contributed by atoms with Crippen LogP contribution in [0.5, 0.6) is 0 Å². The van der Waals surface area contributed by atoms with E-state index in [4.69, 9.17) is 0 Å². The molecule has 0 aromatic carbocycles. The molecule has 0 radical (unpaired) electrons. The Balaban J connectivity index is 1.74. The maximum atomic E-state index is 12.4. The summed E-state index contributed by atoms with van der Waals surface area (Å²) >= 11 is 7.24. The van der Waals surface area contributed by atoms with Gasteiger partial charge in [-0.2, -0.15) is 0 Å². The molecule has 4 fully saturated rings. The van der Waals surface area contributed by atoms with Crippen LogP contribution in [0.4, 0.5) is 0 Å². The fourth-order valence-corrected chi connectivity index (χ4v) is 8.81. The van der Waals surface area contributed by atoms with E-state index in [0.717, 1.165) is 34.2 Å². The van der Waals surface area contributed by atoms with E-state index in [1.807, 2.05) is 47.0 Å². The van der Waals surface area contributed by atoms with Crippen molar-refractivity contribution in [2.45, 2.75) is 12.8 Å². The lowest BCUT2D eigenvalue weighted by atomic mass is 9.96. The maximum Gasteiger partial charge on any atom is 0.161 e. The molecule has 4 aliphatic rings. The quantitative estimate of drug-likeness (QED) is 0.626. The molecule has 0 spiro atoms. The smallest absolute Gasteiger partial charge is 0.161 e. The summed E-state index contributed by atoms with van der Waals surface area (Å²) in [7, 11) is 0. The van der Waals surface area contributed by atoms with Crippen LogP contribution in [0, 0.1) is 11.8 Å². The highest BCUT2D eigenvalue weighted by atomic mass is 32.2. The minimum absolute atomic E-state index is 0.187. The Kier molecular flexibility index (Phi) is 3.77. The third-order valence-corrected chi connectivity index (χ3v) is 9.67. The van der Waals surface area contributed by atoms with Crippen LogP contribution in [-0.2, 0) is 9.59 Å². The fourth-order valence-electron chi connectivity index (χ4n) is 3.39. The second-order valence-electron chi connectivity index (χ2n) is 5.26. The van der Waals surface area contributed by atoms with Crippen molar-refractivity contribution in [2.75, 3.05) is 23.0 Å². The summed E-state index contributed by atoms with van der Waals surface area (Å²) in [6.45, 7) is 0. The van der Waals surface area contributed by atoms with Crippen LogP contribution < -0.4 is 0 Å². The molecule has 0 aromatic heterocycles. The molecule has 2 saturated carbocycles. The van der Waals surface area contributed by atoms with Crippen LogP contribution in [0.15, 0.2) is 19.6 Å².